The van der Waals surface area contributed by atoms with Crippen LogP contribution in [-0.2, 0) is 4.79 Å². The molecule has 3 N–H and O–H groups in total. The number of thioether (sulfide) groups is 1. The number of amides is 1. The van der Waals surface area contributed by atoms with Gasteiger partial charge in [0.15, 0.2) is 22.1 Å². The van der Waals surface area contributed by atoms with E-state index >= 15 is 0 Å². The topological polar surface area (TPSA) is 129 Å². The van der Waals surface area contributed by atoms with E-state index in [0.29, 0.717) is 41.2 Å². The van der Waals surface area contributed by atoms with E-state index in [1.54, 1.807) is 16.4 Å². The molecule has 0 bridgehead atoms. The number of fused-ring (bicyclic) bond motifs is 1. The average Bonchev–Trinajstić information content (AvgIpc) is 3.50. The standard InChI is InChI=1S/C25H33N7O3S/c1-4-10-36-25-27-23(31(3)18-12-17(18)15-8-6-5-7-9-15)20-24(28-25)32(30-29-20)19-11-16(13-26-14(2)33)21(34)22(19)35/h5-9,16-19,21-22,34-35H,4,10-13H2,1-3H3,(H,26,33). The second kappa shape index (κ2) is 10.3. The molecular formula is C25H33N7O3S. The number of aliphatic hydroxyl groups excluding tert-OH is 2. The molecule has 0 saturated heterocycles. The Morgan fingerprint density at radius 2 is 1.97 bits per heavy atom. The molecule has 2 saturated carbocycles. The van der Waals surface area contributed by atoms with Gasteiger partial charge in [0.25, 0.3) is 0 Å². The molecule has 2 aromatic heterocycles. The van der Waals surface area contributed by atoms with Gasteiger partial charge in [-0.25, -0.2) is 14.6 Å². The number of benzene rings is 1. The van der Waals surface area contributed by atoms with Crippen LogP contribution in [0.1, 0.15) is 50.6 Å². The first-order valence-electron chi connectivity index (χ1n) is 12.5. The third kappa shape index (κ3) is 4.79. The Morgan fingerprint density at radius 1 is 1.19 bits per heavy atom. The fraction of sp³-hybridized carbons (Fsp3) is 0.560. The summed E-state index contributed by atoms with van der Waals surface area (Å²) in [4.78, 5) is 23.2. The number of aromatic nitrogens is 5. The molecular weight excluding hydrogens is 478 g/mol. The molecule has 0 radical (unpaired) electrons. The first-order chi connectivity index (χ1) is 17.4. The SMILES string of the molecule is CCCSc1nc(N(C)C2CC2c2ccccc2)c2nnn(C3CC(CNC(C)=O)C(O)C3O)c2n1. The summed E-state index contributed by atoms with van der Waals surface area (Å²) in [6, 6.07) is 10.3. The molecule has 2 fully saturated rings. The van der Waals surface area contributed by atoms with Crippen molar-refractivity contribution in [3.05, 3.63) is 35.9 Å². The Labute approximate surface area is 214 Å². The van der Waals surface area contributed by atoms with E-state index in [-0.39, 0.29) is 11.8 Å². The number of likely N-dealkylation sites (N-methyl/N-ethyl adjacent to an activating group) is 1. The lowest BCUT2D eigenvalue weighted by atomic mass is 10.1. The second-order valence-electron chi connectivity index (χ2n) is 9.80. The summed E-state index contributed by atoms with van der Waals surface area (Å²) in [7, 11) is 2.04. The van der Waals surface area contributed by atoms with Crippen molar-refractivity contribution in [1.29, 1.82) is 0 Å². The highest BCUT2D eigenvalue weighted by Gasteiger charge is 2.45. The maximum atomic E-state index is 11.4. The normalized spacial score (nSPS) is 27.4. The summed E-state index contributed by atoms with van der Waals surface area (Å²) in [5.41, 5.74) is 2.46. The van der Waals surface area contributed by atoms with Crippen LogP contribution in [0.15, 0.2) is 35.5 Å². The van der Waals surface area contributed by atoms with Gasteiger partial charge in [0.05, 0.1) is 12.1 Å². The van der Waals surface area contributed by atoms with Crippen LogP contribution >= 0.6 is 11.8 Å². The van der Waals surface area contributed by atoms with Crippen molar-refractivity contribution in [2.24, 2.45) is 5.92 Å². The van der Waals surface area contributed by atoms with Crippen LogP contribution in [0, 0.1) is 5.92 Å². The van der Waals surface area contributed by atoms with Gasteiger partial charge in [-0.05, 0) is 24.8 Å². The number of hydrogen-bond acceptors (Lipinski definition) is 9. The van der Waals surface area contributed by atoms with Gasteiger partial charge in [-0.15, -0.1) is 5.10 Å². The van der Waals surface area contributed by atoms with Crippen molar-refractivity contribution in [3.8, 4) is 0 Å². The Balaban J connectivity index is 1.46. The van der Waals surface area contributed by atoms with E-state index in [9.17, 15) is 15.0 Å². The molecule has 10 nitrogen and oxygen atoms in total. The number of nitrogens with zero attached hydrogens (tertiary/aromatic N) is 6. The number of hydrogen-bond donors (Lipinski definition) is 3. The zero-order valence-corrected chi connectivity index (χ0v) is 21.6. The van der Waals surface area contributed by atoms with Gasteiger partial charge in [-0.1, -0.05) is 54.2 Å². The number of carbonyl (C=O) groups excluding carboxylic acids is 1. The second-order valence-corrected chi connectivity index (χ2v) is 10.9. The van der Waals surface area contributed by atoms with Crippen molar-refractivity contribution in [1.82, 2.24) is 30.3 Å². The Hall–Kier alpha value is -2.76. The lowest BCUT2D eigenvalue weighted by Gasteiger charge is -2.20. The Morgan fingerprint density at radius 3 is 2.69 bits per heavy atom. The molecule has 2 aliphatic carbocycles. The number of nitrogens with one attached hydrogen (secondary N) is 1. The molecule has 1 amide bonds. The van der Waals surface area contributed by atoms with Gasteiger partial charge in [0, 0.05) is 44.1 Å². The Bertz CT molecular complexity index is 1220. The monoisotopic (exact) mass is 511 g/mol. The van der Waals surface area contributed by atoms with Crippen molar-refractivity contribution in [2.75, 3.05) is 24.2 Å². The summed E-state index contributed by atoms with van der Waals surface area (Å²) in [5, 5.41) is 33.7. The van der Waals surface area contributed by atoms with E-state index in [0.717, 1.165) is 24.4 Å². The predicted octanol–water partition coefficient (Wildman–Crippen LogP) is 2.13. The summed E-state index contributed by atoms with van der Waals surface area (Å²) < 4.78 is 1.63. The quantitative estimate of drug-likeness (QED) is 0.292. The highest BCUT2D eigenvalue weighted by Crippen LogP contribution is 2.46. The van der Waals surface area contributed by atoms with Gasteiger partial charge >= 0.3 is 0 Å². The third-order valence-corrected chi connectivity index (χ3v) is 8.29. The van der Waals surface area contributed by atoms with Gasteiger partial charge in [-0.2, -0.15) is 0 Å². The van der Waals surface area contributed by atoms with Crippen LogP contribution < -0.4 is 10.2 Å². The average molecular weight is 512 g/mol. The minimum Gasteiger partial charge on any atom is -0.390 e. The number of rotatable bonds is 9. The van der Waals surface area contributed by atoms with Crippen LogP contribution in [0.2, 0.25) is 0 Å². The number of aliphatic hydroxyl groups is 2. The number of carbonyl (C=O) groups is 1. The zero-order chi connectivity index (χ0) is 25.4. The van der Waals surface area contributed by atoms with E-state index in [1.165, 1.54) is 12.5 Å². The highest BCUT2D eigenvalue weighted by molar-refractivity contribution is 7.99. The number of anilines is 1. The molecule has 0 aliphatic heterocycles. The van der Waals surface area contributed by atoms with Crippen LogP contribution in [0.25, 0.3) is 11.2 Å². The first-order valence-corrected chi connectivity index (χ1v) is 13.5. The molecule has 2 heterocycles. The Kier molecular flexibility index (Phi) is 7.14. The summed E-state index contributed by atoms with van der Waals surface area (Å²) >= 11 is 1.59. The highest BCUT2D eigenvalue weighted by atomic mass is 32.2. The van der Waals surface area contributed by atoms with Crippen molar-refractivity contribution >= 4 is 34.7 Å². The molecule has 6 unspecified atom stereocenters. The van der Waals surface area contributed by atoms with E-state index in [2.05, 4.69) is 51.7 Å². The molecule has 0 spiro atoms. The molecule has 192 valence electrons. The van der Waals surface area contributed by atoms with E-state index in [1.807, 2.05) is 13.1 Å². The molecule has 1 aromatic carbocycles. The zero-order valence-electron chi connectivity index (χ0n) is 20.8. The third-order valence-electron chi connectivity index (χ3n) is 7.23. The molecule has 6 atom stereocenters. The fourth-order valence-electron chi connectivity index (χ4n) is 5.17. The van der Waals surface area contributed by atoms with Crippen LogP contribution in [0.3, 0.4) is 0 Å². The first kappa shape index (κ1) is 24.9. The predicted molar refractivity (Wildman–Crippen MR) is 138 cm³/mol. The summed E-state index contributed by atoms with van der Waals surface area (Å²) in [5.74, 6) is 1.60. The smallest absolute Gasteiger partial charge is 0.216 e. The van der Waals surface area contributed by atoms with Gasteiger partial charge in [0.1, 0.15) is 6.10 Å². The van der Waals surface area contributed by atoms with Gasteiger partial charge in [0.2, 0.25) is 5.91 Å². The van der Waals surface area contributed by atoms with Crippen molar-refractivity contribution in [2.45, 2.75) is 68.5 Å². The summed E-state index contributed by atoms with van der Waals surface area (Å²) in [6.07, 6.45) is 0.466. The maximum Gasteiger partial charge on any atom is 0.216 e. The maximum absolute atomic E-state index is 11.4. The molecule has 11 heteroatoms. The van der Waals surface area contributed by atoms with E-state index in [4.69, 9.17) is 9.97 Å². The van der Waals surface area contributed by atoms with Gasteiger partial charge in [-0.3, -0.25) is 4.79 Å². The fourth-order valence-corrected chi connectivity index (χ4v) is 5.86. The minimum absolute atomic E-state index is 0.168. The van der Waals surface area contributed by atoms with Crippen LogP contribution in [-0.4, -0.2) is 78.7 Å². The molecule has 2 aliphatic rings. The molecule has 5 rings (SSSR count). The van der Waals surface area contributed by atoms with Crippen LogP contribution in [0.5, 0.6) is 0 Å². The van der Waals surface area contributed by atoms with Crippen molar-refractivity contribution in [3.63, 3.8) is 0 Å². The lowest BCUT2D eigenvalue weighted by Crippen LogP contribution is -2.35. The van der Waals surface area contributed by atoms with E-state index < -0.39 is 18.2 Å². The largest absolute Gasteiger partial charge is 0.390 e. The molecule has 3 aromatic rings. The van der Waals surface area contributed by atoms with Crippen LogP contribution in [0.4, 0.5) is 5.82 Å². The molecule has 36 heavy (non-hydrogen) atoms. The van der Waals surface area contributed by atoms with Gasteiger partial charge < -0.3 is 20.4 Å². The minimum atomic E-state index is -1.04. The van der Waals surface area contributed by atoms with Crippen molar-refractivity contribution < 1.29 is 15.0 Å². The summed E-state index contributed by atoms with van der Waals surface area (Å²) in [6.45, 7) is 3.84. The lowest BCUT2D eigenvalue weighted by molar-refractivity contribution is -0.119.